The second kappa shape index (κ2) is 12.3. The van der Waals surface area contributed by atoms with Gasteiger partial charge in [0.1, 0.15) is 11.5 Å². The highest BCUT2D eigenvalue weighted by Crippen LogP contribution is 2.44. The molecule has 0 aromatic heterocycles. The highest BCUT2D eigenvalue weighted by molar-refractivity contribution is 6.08. The summed E-state index contributed by atoms with van der Waals surface area (Å²) in [6.45, 7) is -0.404. The highest BCUT2D eigenvalue weighted by atomic mass is 16.5. The molecule has 0 N–H and O–H groups in total. The molecule has 0 radical (unpaired) electrons. The van der Waals surface area contributed by atoms with E-state index >= 15 is 0 Å². The van der Waals surface area contributed by atoms with Crippen LogP contribution in [-0.4, -0.2) is 57.5 Å². The van der Waals surface area contributed by atoms with E-state index in [4.69, 9.17) is 19.3 Å². The number of carbonyl (C=O) groups is 2. The largest absolute Gasteiger partial charge is 0.497 e. The zero-order valence-corrected chi connectivity index (χ0v) is 23.9. The molecular weight excluding hydrogens is 518 g/mol. The molecule has 8 nitrogen and oxygen atoms in total. The molecule has 2 unspecified atom stereocenters. The fraction of sp³-hybridized carbons (Fsp3) is 0.303. The number of nitrogens with zero attached hydrogens (tertiary/aromatic N) is 3. The Bertz CT molecular complexity index is 1460. The molecule has 5 rings (SSSR count). The van der Waals surface area contributed by atoms with Gasteiger partial charge in [-0.2, -0.15) is 5.10 Å². The van der Waals surface area contributed by atoms with E-state index in [1.807, 2.05) is 73.6 Å². The van der Waals surface area contributed by atoms with Gasteiger partial charge in [0.15, 0.2) is 6.61 Å². The molecule has 0 bridgehead atoms. The Morgan fingerprint density at radius 3 is 2.32 bits per heavy atom. The monoisotopic (exact) mass is 553 g/mol. The molecule has 3 aromatic carbocycles. The number of allylic oxidation sites excluding steroid dienone is 1. The second-order valence-corrected chi connectivity index (χ2v) is 10.4. The van der Waals surface area contributed by atoms with Crippen LogP contribution in [0.1, 0.15) is 46.8 Å². The van der Waals surface area contributed by atoms with Crippen LogP contribution in [0.4, 0.5) is 5.69 Å². The topological polar surface area (TPSA) is 80.7 Å². The Hall–Kier alpha value is -4.59. The number of hydrogen-bond donors (Lipinski definition) is 0. The number of carbonyl (C=O) groups excluding carboxylic acids is 2. The van der Waals surface area contributed by atoms with Gasteiger partial charge in [0.05, 0.1) is 31.5 Å². The van der Waals surface area contributed by atoms with Crippen LogP contribution in [0.25, 0.3) is 6.08 Å². The van der Waals surface area contributed by atoms with Crippen molar-refractivity contribution in [3.63, 3.8) is 0 Å². The minimum absolute atomic E-state index is 0.0260. The first-order chi connectivity index (χ1) is 19.9. The van der Waals surface area contributed by atoms with Crippen LogP contribution in [0.15, 0.2) is 83.5 Å². The number of hydrazone groups is 1. The summed E-state index contributed by atoms with van der Waals surface area (Å²) >= 11 is 0. The summed E-state index contributed by atoms with van der Waals surface area (Å²) in [5.41, 5.74) is 5.28. The smallest absolute Gasteiger partial charge is 0.338 e. The number of anilines is 1. The quantitative estimate of drug-likeness (QED) is 0.331. The van der Waals surface area contributed by atoms with Crippen LogP contribution in [0.2, 0.25) is 0 Å². The summed E-state index contributed by atoms with van der Waals surface area (Å²) in [6.07, 6.45) is 4.89. The molecule has 1 saturated carbocycles. The lowest BCUT2D eigenvalue weighted by Crippen LogP contribution is -2.34. The van der Waals surface area contributed by atoms with E-state index in [1.165, 1.54) is 5.01 Å². The Morgan fingerprint density at radius 1 is 0.976 bits per heavy atom. The second-order valence-electron chi connectivity index (χ2n) is 10.4. The van der Waals surface area contributed by atoms with E-state index < -0.39 is 12.6 Å². The molecular formula is C33H35N3O5. The number of hydrogen-bond acceptors (Lipinski definition) is 7. The molecule has 0 spiro atoms. The maximum absolute atomic E-state index is 13.6. The van der Waals surface area contributed by atoms with Crippen molar-refractivity contribution >= 4 is 29.4 Å². The van der Waals surface area contributed by atoms with Gasteiger partial charge in [-0.15, -0.1) is 0 Å². The van der Waals surface area contributed by atoms with Gasteiger partial charge in [-0.05, 0) is 84.5 Å². The molecule has 41 heavy (non-hydrogen) atoms. The van der Waals surface area contributed by atoms with E-state index in [-0.39, 0.29) is 17.9 Å². The summed E-state index contributed by atoms with van der Waals surface area (Å²) < 4.78 is 16.1. The van der Waals surface area contributed by atoms with E-state index in [9.17, 15) is 9.59 Å². The van der Waals surface area contributed by atoms with Crippen LogP contribution in [0.3, 0.4) is 0 Å². The molecule has 2 aliphatic rings. The van der Waals surface area contributed by atoms with Crippen LogP contribution in [-0.2, 0) is 9.53 Å². The van der Waals surface area contributed by atoms with Gasteiger partial charge in [-0.25, -0.2) is 9.80 Å². The highest BCUT2D eigenvalue weighted by Gasteiger charge is 2.43. The van der Waals surface area contributed by atoms with Gasteiger partial charge in [0.2, 0.25) is 0 Å². The van der Waals surface area contributed by atoms with Crippen LogP contribution in [0, 0.1) is 5.92 Å². The van der Waals surface area contributed by atoms with Crippen molar-refractivity contribution in [3.8, 4) is 11.5 Å². The predicted octanol–water partition coefficient (Wildman–Crippen LogP) is 5.75. The van der Waals surface area contributed by atoms with Crippen molar-refractivity contribution in [1.29, 1.82) is 0 Å². The van der Waals surface area contributed by atoms with Crippen molar-refractivity contribution in [3.05, 3.63) is 95.1 Å². The molecule has 1 aliphatic heterocycles. The van der Waals surface area contributed by atoms with E-state index in [1.54, 1.807) is 32.4 Å². The maximum Gasteiger partial charge on any atom is 0.338 e. The van der Waals surface area contributed by atoms with E-state index in [0.717, 1.165) is 58.9 Å². The first-order valence-electron chi connectivity index (χ1n) is 13.7. The van der Waals surface area contributed by atoms with Gasteiger partial charge in [0.25, 0.3) is 5.91 Å². The third-order valence-electron chi connectivity index (χ3n) is 7.60. The standard InChI is InChI=1S/C33H35N3O5/c1-35(2)26-9-5-8-25(20-26)33(38)41-21-30(37)36-32(23-13-17-28(40-4)18-14-23)29-10-6-7-24(31(29)34-36)19-22-11-15-27(39-3)16-12-22/h5,8-9,11-20,29,32H,6-7,10,21H2,1-4H3. The predicted molar refractivity (Wildman–Crippen MR) is 159 cm³/mol. The summed E-state index contributed by atoms with van der Waals surface area (Å²) in [4.78, 5) is 28.4. The van der Waals surface area contributed by atoms with Crippen molar-refractivity contribution < 1.29 is 23.8 Å². The summed E-state index contributed by atoms with van der Waals surface area (Å²) in [6, 6.07) is 22.4. The maximum atomic E-state index is 13.6. The van der Waals surface area contributed by atoms with E-state index in [2.05, 4.69) is 6.08 Å². The third-order valence-corrected chi connectivity index (χ3v) is 7.60. The van der Waals surface area contributed by atoms with E-state index in [0.29, 0.717) is 5.56 Å². The third kappa shape index (κ3) is 6.11. The lowest BCUT2D eigenvalue weighted by atomic mass is 9.77. The molecule has 2 atom stereocenters. The fourth-order valence-electron chi connectivity index (χ4n) is 5.43. The minimum Gasteiger partial charge on any atom is -0.497 e. The lowest BCUT2D eigenvalue weighted by Gasteiger charge is -2.29. The average molecular weight is 554 g/mol. The van der Waals surface area contributed by atoms with Crippen molar-refractivity contribution in [2.75, 3.05) is 39.8 Å². The molecule has 3 aromatic rings. The normalized spacial score (nSPS) is 18.9. The SMILES string of the molecule is COc1ccc(C=C2CCCC3C2=NN(C(=O)COC(=O)c2cccc(N(C)C)c2)C3c2ccc(OC)cc2)cc1. The minimum atomic E-state index is -0.549. The Labute approximate surface area is 240 Å². The molecule has 1 aliphatic carbocycles. The number of fused-ring (bicyclic) bond motifs is 1. The summed E-state index contributed by atoms with van der Waals surface area (Å²) in [7, 11) is 7.07. The Balaban J connectivity index is 1.42. The van der Waals surface area contributed by atoms with Crippen molar-refractivity contribution in [2.24, 2.45) is 11.0 Å². The molecule has 0 saturated heterocycles. The lowest BCUT2D eigenvalue weighted by molar-refractivity contribution is -0.137. The number of rotatable bonds is 8. The Morgan fingerprint density at radius 2 is 1.66 bits per heavy atom. The van der Waals surface area contributed by atoms with Gasteiger partial charge < -0.3 is 19.1 Å². The van der Waals surface area contributed by atoms with Crippen molar-refractivity contribution in [2.45, 2.75) is 25.3 Å². The van der Waals surface area contributed by atoms with Crippen molar-refractivity contribution in [1.82, 2.24) is 5.01 Å². The number of benzene rings is 3. The Kier molecular flexibility index (Phi) is 8.38. The fourth-order valence-corrected chi connectivity index (χ4v) is 5.43. The van der Waals surface area contributed by atoms with Gasteiger partial charge in [0, 0.05) is 25.7 Å². The van der Waals surface area contributed by atoms with Gasteiger partial charge in [-0.1, -0.05) is 30.3 Å². The average Bonchev–Trinajstić information content (AvgIpc) is 3.41. The number of methoxy groups -OCH3 is 2. The molecule has 1 fully saturated rings. The van der Waals surface area contributed by atoms with Crippen LogP contribution >= 0.6 is 0 Å². The van der Waals surface area contributed by atoms with Crippen LogP contribution < -0.4 is 14.4 Å². The number of esters is 1. The number of amides is 1. The molecule has 212 valence electrons. The zero-order valence-electron chi connectivity index (χ0n) is 23.9. The molecule has 8 heteroatoms. The number of ether oxygens (including phenoxy) is 3. The van der Waals surface area contributed by atoms with Gasteiger partial charge in [-0.3, -0.25) is 4.79 Å². The van der Waals surface area contributed by atoms with Crippen LogP contribution in [0.5, 0.6) is 11.5 Å². The summed E-state index contributed by atoms with van der Waals surface area (Å²) in [5, 5.41) is 6.40. The first kappa shape index (κ1) is 28.0. The first-order valence-corrected chi connectivity index (χ1v) is 13.7. The molecule has 1 amide bonds. The molecule has 1 heterocycles. The van der Waals surface area contributed by atoms with Gasteiger partial charge >= 0.3 is 5.97 Å². The summed E-state index contributed by atoms with van der Waals surface area (Å²) in [5.74, 6) is 0.647. The zero-order chi connectivity index (χ0) is 28.9.